The molecule has 5 nitrogen and oxygen atoms in total. The highest BCUT2D eigenvalue weighted by Crippen LogP contribution is 2.33. The lowest BCUT2D eigenvalue weighted by atomic mass is 10.1. The fourth-order valence-corrected chi connectivity index (χ4v) is 2.70. The SMILES string of the molecule is C(=N/n1cnnc1)/c1ccc(N(c2ccccc2)c2ccccc2)cc1. The maximum Gasteiger partial charge on any atom is 0.141 e. The summed E-state index contributed by atoms with van der Waals surface area (Å²) >= 11 is 0. The summed E-state index contributed by atoms with van der Waals surface area (Å²) in [6, 6.07) is 28.9. The normalized spacial score (nSPS) is 10.9. The van der Waals surface area contributed by atoms with Crippen LogP contribution in [0.25, 0.3) is 0 Å². The van der Waals surface area contributed by atoms with Gasteiger partial charge in [-0.05, 0) is 42.0 Å². The van der Waals surface area contributed by atoms with Crippen LogP contribution >= 0.6 is 0 Å². The summed E-state index contributed by atoms with van der Waals surface area (Å²) in [4.78, 5) is 2.22. The first-order valence-corrected chi connectivity index (χ1v) is 8.29. The van der Waals surface area contributed by atoms with E-state index in [9.17, 15) is 0 Å². The topological polar surface area (TPSA) is 46.3 Å². The number of anilines is 3. The third kappa shape index (κ3) is 3.52. The van der Waals surface area contributed by atoms with Crippen molar-refractivity contribution < 1.29 is 0 Å². The first-order valence-electron chi connectivity index (χ1n) is 8.29. The predicted octanol–water partition coefficient (Wildman–Crippen LogP) is 4.63. The fourth-order valence-electron chi connectivity index (χ4n) is 2.70. The van der Waals surface area contributed by atoms with Crippen molar-refractivity contribution in [3.05, 3.63) is 103 Å². The largest absolute Gasteiger partial charge is 0.311 e. The monoisotopic (exact) mass is 339 g/mol. The molecule has 0 N–H and O–H groups in total. The van der Waals surface area contributed by atoms with Gasteiger partial charge in [-0.25, -0.2) is 4.68 Å². The summed E-state index contributed by atoms with van der Waals surface area (Å²) in [6.07, 6.45) is 4.89. The maximum atomic E-state index is 4.28. The molecule has 0 aliphatic heterocycles. The first-order chi connectivity index (χ1) is 12.9. The molecule has 126 valence electrons. The molecule has 0 fully saturated rings. The highest BCUT2D eigenvalue weighted by Gasteiger charge is 2.11. The molecule has 4 aromatic rings. The Morgan fingerprint density at radius 3 is 1.69 bits per heavy atom. The molecule has 0 saturated carbocycles. The molecule has 0 unspecified atom stereocenters. The zero-order valence-electron chi connectivity index (χ0n) is 14.1. The Hall–Kier alpha value is -3.73. The molecule has 5 heteroatoms. The van der Waals surface area contributed by atoms with Crippen molar-refractivity contribution in [2.24, 2.45) is 5.10 Å². The maximum absolute atomic E-state index is 4.28. The van der Waals surface area contributed by atoms with E-state index in [0.29, 0.717) is 0 Å². The number of nitrogens with zero attached hydrogens (tertiary/aromatic N) is 5. The highest BCUT2D eigenvalue weighted by atomic mass is 15.4. The van der Waals surface area contributed by atoms with Crippen LogP contribution in [0.5, 0.6) is 0 Å². The number of hydrogen-bond donors (Lipinski definition) is 0. The number of benzene rings is 3. The van der Waals surface area contributed by atoms with Crippen molar-refractivity contribution in [3.8, 4) is 0 Å². The molecule has 26 heavy (non-hydrogen) atoms. The smallest absolute Gasteiger partial charge is 0.141 e. The van der Waals surface area contributed by atoms with Crippen LogP contribution in [0.4, 0.5) is 17.1 Å². The van der Waals surface area contributed by atoms with E-state index < -0.39 is 0 Å². The molecule has 0 bridgehead atoms. The fraction of sp³-hybridized carbons (Fsp3) is 0. The van der Waals surface area contributed by atoms with Crippen molar-refractivity contribution in [1.29, 1.82) is 0 Å². The second kappa shape index (κ2) is 7.44. The van der Waals surface area contributed by atoms with Crippen molar-refractivity contribution in [2.45, 2.75) is 0 Å². The molecule has 1 heterocycles. The van der Waals surface area contributed by atoms with Gasteiger partial charge < -0.3 is 4.90 Å². The Labute approximate surface area is 151 Å². The van der Waals surface area contributed by atoms with E-state index in [-0.39, 0.29) is 0 Å². The van der Waals surface area contributed by atoms with E-state index in [0.717, 1.165) is 22.6 Å². The Kier molecular flexibility index (Phi) is 4.52. The van der Waals surface area contributed by atoms with Crippen molar-refractivity contribution in [3.63, 3.8) is 0 Å². The molecular formula is C21H17N5. The van der Waals surface area contributed by atoms with Gasteiger partial charge in [0.05, 0.1) is 6.21 Å². The van der Waals surface area contributed by atoms with E-state index in [4.69, 9.17) is 0 Å². The Morgan fingerprint density at radius 1 is 0.654 bits per heavy atom. The molecule has 0 aliphatic carbocycles. The van der Waals surface area contributed by atoms with E-state index in [1.165, 1.54) is 0 Å². The Balaban J connectivity index is 1.66. The summed E-state index contributed by atoms with van der Waals surface area (Å²) in [6.45, 7) is 0. The summed E-state index contributed by atoms with van der Waals surface area (Å²) in [5.74, 6) is 0. The summed E-state index contributed by atoms with van der Waals surface area (Å²) in [5, 5.41) is 11.7. The Bertz CT molecular complexity index is 923. The van der Waals surface area contributed by atoms with Crippen LogP contribution in [0.2, 0.25) is 0 Å². The number of aromatic nitrogens is 3. The predicted molar refractivity (Wildman–Crippen MR) is 104 cm³/mol. The molecule has 0 spiro atoms. The van der Waals surface area contributed by atoms with Gasteiger partial charge in [0.25, 0.3) is 0 Å². The van der Waals surface area contributed by atoms with Crippen molar-refractivity contribution in [1.82, 2.24) is 14.9 Å². The zero-order valence-corrected chi connectivity index (χ0v) is 14.1. The molecule has 4 rings (SSSR count). The van der Waals surface area contributed by atoms with Crippen LogP contribution < -0.4 is 4.90 Å². The highest BCUT2D eigenvalue weighted by molar-refractivity contribution is 5.82. The van der Waals surface area contributed by atoms with E-state index in [2.05, 4.69) is 56.6 Å². The van der Waals surface area contributed by atoms with Gasteiger partial charge in [-0.2, -0.15) is 5.10 Å². The van der Waals surface area contributed by atoms with Crippen molar-refractivity contribution in [2.75, 3.05) is 4.90 Å². The Morgan fingerprint density at radius 2 is 1.15 bits per heavy atom. The van der Waals surface area contributed by atoms with E-state index >= 15 is 0 Å². The number of para-hydroxylation sites is 2. The molecular weight excluding hydrogens is 322 g/mol. The van der Waals surface area contributed by atoms with Gasteiger partial charge in [-0.1, -0.05) is 48.5 Å². The van der Waals surface area contributed by atoms with Gasteiger partial charge in [0.1, 0.15) is 12.7 Å². The first kappa shape index (κ1) is 15.8. The third-order valence-electron chi connectivity index (χ3n) is 3.93. The van der Waals surface area contributed by atoms with Gasteiger partial charge in [0.2, 0.25) is 0 Å². The summed E-state index contributed by atoms with van der Waals surface area (Å²) in [5.41, 5.74) is 4.32. The van der Waals surface area contributed by atoms with Crippen LogP contribution in [-0.2, 0) is 0 Å². The van der Waals surface area contributed by atoms with Crippen molar-refractivity contribution >= 4 is 23.3 Å². The molecule has 1 aromatic heterocycles. The molecule has 0 saturated heterocycles. The number of hydrogen-bond acceptors (Lipinski definition) is 4. The molecule has 3 aromatic carbocycles. The molecule has 0 aliphatic rings. The zero-order chi connectivity index (χ0) is 17.6. The number of rotatable bonds is 5. The minimum atomic E-state index is 1.00. The van der Waals surface area contributed by atoms with Crippen LogP contribution in [0.3, 0.4) is 0 Å². The lowest BCUT2D eigenvalue weighted by molar-refractivity contribution is 0.878. The van der Waals surface area contributed by atoms with Gasteiger partial charge >= 0.3 is 0 Å². The summed E-state index contributed by atoms with van der Waals surface area (Å²) < 4.78 is 1.56. The minimum absolute atomic E-state index is 1.00. The minimum Gasteiger partial charge on any atom is -0.311 e. The molecule has 0 amide bonds. The lowest BCUT2D eigenvalue weighted by Gasteiger charge is -2.25. The molecule has 0 radical (unpaired) electrons. The second-order valence-electron chi connectivity index (χ2n) is 5.68. The average molecular weight is 339 g/mol. The van der Waals surface area contributed by atoms with Gasteiger partial charge in [0.15, 0.2) is 0 Å². The van der Waals surface area contributed by atoms with Crippen LogP contribution in [0.15, 0.2) is 103 Å². The second-order valence-corrected chi connectivity index (χ2v) is 5.68. The third-order valence-corrected chi connectivity index (χ3v) is 3.93. The quantitative estimate of drug-likeness (QED) is 0.498. The van der Waals surface area contributed by atoms with Gasteiger partial charge in [-0.15, -0.1) is 10.2 Å². The van der Waals surface area contributed by atoms with Crippen LogP contribution in [0.1, 0.15) is 5.56 Å². The summed E-state index contributed by atoms with van der Waals surface area (Å²) in [7, 11) is 0. The van der Waals surface area contributed by atoms with Crippen LogP contribution in [-0.4, -0.2) is 21.1 Å². The lowest BCUT2D eigenvalue weighted by Crippen LogP contribution is -2.09. The van der Waals surface area contributed by atoms with E-state index in [1.807, 2.05) is 48.5 Å². The van der Waals surface area contributed by atoms with E-state index in [1.54, 1.807) is 23.5 Å². The molecule has 0 atom stereocenters. The van der Waals surface area contributed by atoms with Gasteiger partial charge in [-0.3, -0.25) is 0 Å². The van der Waals surface area contributed by atoms with Gasteiger partial charge in [0, 0.05) is 17.1 Å². The average Bonchev–Trinajstić information content (AvgIpc) is 3.23. The van der Waals surface area contributed by atoms with Crippen LogP contribution in [0, 0.1) is 0 Å². The standard InChI is InChI=1S/C21H17N5/c1-3-7-19(8-4-1)26(20-9-5-2-6-10-20)21-13-11-18(12-14-21)15-24-25-16-22-23-17-25/h1-17H/b24-15-.